The van der Waals surface area contributed by atoms with Crippen molar-refractivity contribution in [3.05, 3.63) is 57.6 Å². The van der Waals surface area contributed by atoms with Crippen LogP contribution in [0.25, 0.3) is 0 Å². The first kappa shape index (κ1) is 20.3. The van der Waals surface area contributed by atoms with Crippen molar-refractivity contribution in [1.82, 2.24) is 4.90 Å². The van der Waals surface area contributed by atoms with Gasteiger partial charge in [0.2, 0.25) is 5.91 Å². The molecule has 1 heterocycles. The Morgan fingerprint density at radius 3 is 2.64 bits per heavy atom. The molecule has 0 bridgehead atoms. The maximum atomic E-state index is 12.8. The van der Waals surface area contributed by atoms with Crippen molar-refractivity contribution < 1.29 is 19.1 Å². The number of nitrogens with zero attached hydrogens (tertiary/aromatic N) is 1. The van der Waals surface area contributed by atoms with Gasteiger partial charge in [0.1, 0.15) is 12.6 Å². The standard InChI is InChI=1S/C20H20Cl2N2O4/c1-27-18-9-12(20(26)24-8-2-3-16(24)19(23)25)5-7-17(18)28-11-13-4-6-14(21)10-15(13)22/h4-7,9-10,16H,2-3,8,11H2,1H3,(H2,23,25)/t16-/m1/s1. The molecule has 2 aromatic rings. The average Bonchev–Trinajstić information content (AvgIpc) is 3.17. The van der Waals surface area contributed by atoms with Gasteiger partial charge in [0.15, 0.2) is 11.5 Å². The molecule has 1 atom stereocenters. The van der Waals surface area contributed by atoms with Gasteiger partial charge < -0.3 is 20.1 Å². The number of carbonyl (C=O) groups excluding carboxylic acids is 2. The van der Waals surface area contributed by atoms with E-state index in [0.717, 1.165) is 12.0 Å². The summed E-state index contributed by atoms with van der Waals surface area (Å²) < 4.78 is 11.2. The van der Waals surface area contributed by atoms with Crippen molar-refractivity contribution >= 4 is 35.0 Å². The maximum absolute atomic E-state index is 12.8. The Bertz CT molecular complexity index is 904. The van der Waals surface area contributed by atoms with Crippen LogP contribution in [0.3, 0.4) is 0 Å². The second-order valence-corrected chi connectivity index (χ2v) is 7.29. The number of primary amides is 1. The molecule has 0 aromatic heterocycles. The zero-order valence-corrected chi connectivity index (χ0v) is 16.8. The van der Waals surface area contributed by atoms with Crippen LogP contribution in [-0.4, -0.2) is 36.4 Å². The van der Waals surface area contributed by atoms with Crippen molar-refractivity contribution in [3.8, 4) is 11.5 Å². The Morgan fingerprint density at radius 1 is 1.18 bits per heavy atom. The number of carbonyl (C=O) groups is 2. The molecule has 6 nitrogen and oxygen atoms in total. The zero-order valence-electron chi connectivity index (χ0n) is 15.3. The molecule has 0 saturated carbocycles. The zero-order chi connectivity index (χ0) is 20.3. The minimum absolute atomic E-state index is 0.218. The van der Waals surface area contributed by atoms with E-state index in [1.165, 1.54) is 12.0 Å². The van der Waals surface area contributed by atoms with Crippen LogP contribution < -0.4 is 15.2 Å². The number of amides is 2. The molecule has 1 aliphatic heterocycles. The normalized spacial score (nSPS) is 16.1. The molecule has 1 aliphatic rings. The van der Waals surface area contributed by atoms with E-state index in [9.17, 15) is 9.59 Å². The molecule has 0 unspecified atom stereocenters. The second-order valence-electron chi connectivity index (χ2n) is 6.45. The molecule has 28 heavy (non-hydrogen) atoms. The summed E-state index contributed by atoms with van der Waals surface area (Å²) in [6, 6.07) is 9.48. The summed E-state index contributed by atoms with van der Waals surface area (Å²) in [5.74, 6) is 0.133. The minimum atomic E-state index is -0.568. The molecule has 1 saturated heterocycles. The molecule has 2 N–H and O–H groups in total. The highest BCUT2D eigenvalue weighted by Gasteiger charge is 2.33. The largest absolute Gasteiger partial charge is 0.493 e. The van der Waals surface area contributed by atoms with E-state index in [1.54, 1.807) is 36.4 Å². The van der Waals surface area contributed by atoms with Crippen LogP contribution in [0, 0.1) is 0 Å². The van der Waals surface area contributed by atoms with Gasteiger partial charge >= 0.3 is 0 Å². The van der Waals surface area contributed by atoms with Crippen molar-refractivity contribution in [2.24, 2.45) is 5.73 Å². The van der Waals surface area contributed by atoms with Crippen molar-refractivity contribution in [1.29, 1.82) is 0 Å². The molecule has 2 amide bonds. The summed E-state index contributed by atoms with van der Waals surface area (Å²) in [4.78, 5) is 25.9. The van der Waals surface area contributed by atoms with Crippen LogP contribution in [0.15, 0.2) is 36.4 Å². The number of hydrogen-bond acceptors (Lipinski definition) is 4. The SMILES string of the molecule is COc1cc(C(=O)N2CCC[C@@H]2C(N)=O)ccc1OCc1ccc(Cl)cc1Cl. The van der Waals surface area contributed by atoms with E-state index in [2.05, 4.69) is 0 Å². The van der Waals surface area contributed by atoms with Crippen LogP contribution in [0.1, 0.15) is 28.8 Å². The highest BCUT2D eigenvalue weighted by molar-refractivity contribution is 6.35. The summed E-state index contributed by atoms with van der Waals surface area (Å²) in [7, 11) is 1.49. The van der Waals surface area contributed by atoms with Gasteiger partial charge in [-0.25, -0.2) is 0 Å². The smallest absolute Gasteiger partial charge is 0.254 e. The molecule has 0 aliphatic carbocycles. The number of benzene rings is 2. The minimum Gasteiger partial charge on any atom is -0.493 e. The number of ether oxygens (including phenoxy) is 2. The lowest BCUT2D eigenvalue weighted by atomic mass is 10.1. The molecule has 1 fully saturated rings. The van der Waals surface area contributed by atoms with Crippen molar-refractivity contribution in [2.75, 3.05) is 13.7 Å². The van der Waals surface area contributed by atoms with Crippen LogP contribution in [0.2, 0.25) is 10.0 Å². The molecule has 2 aromatic carbocycles. The highest BCUT2D eigenvalue weighted by atomic mass is 35.5. The number of methoxy groups -OCH3 is 1. The number of rotatable bonds is 6. The van der Waals surface area contributed by atoms with E-state index in [-0.39, 0.29) is 12.5 Å². The van der Waals surface area contributed by atoms with Gasteiger partial charge in [-0.15, -0.1) is 0 Å². The first-order valence-corrected chi connectivity index (χ1v) is 9.51. The first-order chi connectivity index (χ1) is 13.4. The molecular weight excluding hydrogens is 403 g/mol. The summed E-state index contributed by atoms with van der Waals surface area (Å²) in [6.45, 7) is 0.720. The molecule has 3 rings (SSSR count). The van der Waals surface area contributed by atoms with E-state index in [0.29, 0.717) is 40.1 Å². The Hall–Kier alpha value is -2.44. The quantitative estimate of drug-likeness (QED) is 0.769. The molecule has 8 heteroatoms. The van der Waals surface area contributed by atoms with E-state index in [4.69, 9.17) is 38.4 Å². The van der Waals surface area contributed by atoms with Crippen LogP contribution >= 0.6 is 23.2 Å². The third kappa shape index (κ3) is 4.34. The van der Waals surface area contributed by atoms with Gasteiger partial charge in [-0.2, -0.15) is 0 Å². The third-order valence-corrected chi connectivity index (χ3v) is 5.24. The highest BCUT2D eigenvalue weighted by Crippen LogP contribution is 2.31. The Morgan fingerprint density at radius 2 is 1.96 bits per heavy atom. The third-order valence-electron chi connectivity index (χ3n) is 4.65. The van der Waals surface area contributed by atoms with E-state index >= 15 is 0 Å². The summed E-state index contributed by atoms with van der Waals surface area (Å²) in [5, 5.41) is 1.05. The lowest BCUT2D eigenvalue weighted by Crippen LogP contribution is -2.43. The number of hydrogen-bond donors (Lipinski definition) is 1. The molecule has 0 radical (unpaired) electrons. The predicted octanol–water partition coefficient (Wildman–Crippen LogP) is 3.67. The lowest BCUT2D eigenvalue weighted by molar-refractivity contribution is -0.121. The molecule has 148 valence electrons. The Kier molecular flexibility index (Phi) is 6.31. The fourth-order valence-electron chi connectivity index (χ4n) is 3.19. The van der Waals surface area contributed by atoms with Gasteiger partial charge in [0.25, 0.3) is 5.91 Å². The number of halogens is 2. The van der Waals surface area contributed by atoms with Crippen LogP contribution in [0.5, 0.6) is 11.5 Å². The number of nitrogens with two attached hydrogens (primary N) is 1. The molecule has 0 spiro atoms. The predicted molar refractivity (Wildman–Crippen MR) is 107 cm³/mol. The molecular formula is C20H20Cl2N2O4. The van der Waals surface area contributed by atoms with Gasteiger partial charge in [-0.1, -0.05) is 29.3 Å². The van der Waals surface area contributed by atoms with Gasteiger partial charge in [-0.05, 0) is 43.2 Å². The Labute approximate surface area is 173 Å². The second kappa shape index (κ2) is 8.71. The average molecular weight is 423 g/mol. The maximum Gasteiger partial charge on any atom is 0.254 e. The first-order valence-electron chi connectivity index (χ1n) is 8.75. The monoisotopic (exact) mass is 422 g/mol. The number of likely N-dealkylation sites (tertiary alicyclic amines) is 1. The van der Waals surface area contributed by atoms with Gasteiger partial charge in [-0.3, -0.25) is 9.59 Å². The van der Waals surface area contributed by atoms with Gasteiger partial charge in [0, 0.05) is 27.7 Å². The van der Waals surface area contributed by atoms with E-state index in [1.807, 2.05) is 0 Å². The van der Waals surface area contributed by atoms with Crippen molar-refractivity contribution in [2.45, 2.75) is 25.5 Å². The van der Waals surface area contributed by atoms with Crippen molar-refractivity contribution in [3.63, 3.8) is 0 Å². The summed E-state index contributed by atoms with van der Waals surface area (Å²) in [6.07, 6.45) is 1.33. The summed E-state index contributed by atoms with van der Waals surface area (Å²) >= 11 is 12.1. The van der Waals surface area contributed by atoms with Crippen LogP contribution in [-0.2, 0) is 11.4 Å². The fraction of sp³-hybridized carbons (Fsp3) is 0.300. The van der Waals surface area contributed by atoms with Crippen LogP contribution in [0.4, 0.5) is 0 Å². The fourth-order valence-corrected chi connectivity index (χ4v) is 3.65. The Balaban J connectivity index is 1.76. The lowest BCUT2D eigenvalue weighted by Gasteiger charge is -2.22. The summed E-state index contributed by atoms with van der Waals surface area (Å²) in [5.41, 5.74) is 6.58. The topological polar surface area (TPSA) is 81.9 Å². The van der Waals surface area contributed by atoms with E-state index < -0.39 is 11.9 Å². The van der Waals surface area contributed by atoms with Gasteiger partial charge in [0.05, 0.1) is 7.11 Å².